The Bertz CT molecular complexity index is 358. The lowest BCUT2D eigenvalue weighted by molar-refractivity contribution is 0.575. The van der Waals surface area contributed by atoms with Gasteiger partial charge in [-0.1, -0.05) is 18.2 Å². The molecule has 0 radical (unpaired) electrons. The fourth-order valence-corrected chi connectivity index (χ4v) is 2.67. The number of rotatable bonds is 2. The van der Waals surface area contributed by atoms with E-state index in [1.807, 2.05) is 0 Å². The predicted molar refractivity (Wildman–Crippen MR) is 65.3 cm³/mol. The van der Waals surface area contributed by atoms with Crippen molar-refractivity contribution in [1.29, 1.82) is 0 Å². The van der Waals surface area contributed by atoms with Crippen molar-refractivity contribution in [3.63, 3.8) is 0 Å². The summed E-state index contributed by atoms with van der Waals surface area (Å²) in [6, 6.07) is 7.58. The van der Waals surface area contributed by atoms with Crippen molar-refractivity contribution < 1.29 is 0 Å². The molecular formula is C13H20N2. The van der Waals surface area contributed by atoms with Gasteiger partial charge in [0.2, 0.25) is 0 Å². The van der Waals surface area contributed by atoms with Crippen LogP contribution in [0.2, 0.25) is 0 Å². The molecule has 1 aliphatic heterocycles. The third kappa shape index (κ3) is 1.63. The van der Waals surface area contributed by atoms with Crippen LogP contribution in [0.15, 0.2) is 18.2 Å². The number of aryl methyl sites for hydroxylation is 1. The summed E-state index contributed by atoms with van der Waals surface area (Å²) in [5.74, 6) is 0. The number of hydrogen-bond donors (Lipinski definition) is 1. The van der Waals surface area contributed by atoms with Gasteiger partial charge in [0.1, 0.15) is 0 Å². The van der Waals surface area contributed by atoms with Crippen molar-refractivity contribution >= 4 is 5.69 Å². The maximum atomic E-state index is 5.85. The molecule has 1 aliphatic rings. The number of hydrogen-bond acceptors (Lipinski definition) is 2. The topological polar surface area (TPSA) is 29.3 Å². The van der Waals surface area contributed by atoms with Crippen molar-refractivity contribution in [2.75, 3.05) is 11.4 Å². The summed E-state index contributed by atoms with van der Waals surface area (Å²) < 4.78 is 0. The SMILES string of the molecule is Cc1cccc2c1N(C(C)C)C(CN)C2. The number of nitrogens with two attached hydrogens (primary N) is 1. The van der Waals surface area contributed by atoms with Gasteiger partial charge in [0.15, 0.2) is 0 Å². The maximum absolute atomic E-state index is 5.85. The lowest BCUT2D eigenvalue weighted by Gasteiger charge is -2.31. The molecule has 0 saturated heterocycles. The summed E-state index contributed by atoms with van der Waals surface area (Å²) in [5.41, 5.74) is 10.1. The Balaban J connectivity index is 2.46. The molecule has 1 heterocycles. The molecule has 0 spiro atoms. The zero-order valence-electron chi connectivity index (χ0n) is 9.83. The highest BCUT2D eigenvalue weighted by Gasteiger charge is 2.30. The number of fused-ring (bicyclic) bond motifs is 1. The molecule has 1 aromatic carbocycles. The van der Waals surface area contributed by atoms with Gasteiger partial charge >= 0.3 is 0 Å². The van der Waals surface area contributed by atoms with Crippen molar-refractivity contribution in [1.82, 2.24) is 0 Å². The Morgan fingerprint density at radius 1 is 1.47 bits per heavy atom. The van der Waals surface area contributed by atoms with Crippen molar-refractivity contribution in [3.8, 4) is 0 Å². The van der Waals surface area contributed by atoms with E-state index < -0.39 is 0 Å². The lowest BCUT2D eigenvalue weighted by atomic mass is 10.1. The highest BCUT2D eigenvalue weighted by molar-refractivity contribution is 5.64. The molecule has 0 fully saturated rings. The van der Waals surface area contributed by atoms with Crippen LogP contribution in [-0.2, 0) is 6.42 Å². The standard InChI is InChI=1S/C13H20N2/c1-9(2)15-12(8-14)7-11-6-4-5-10(3)13(11)15/h4-6,9,12H,7-8,14H2,1-3H3. The highest BCUT2D eigenvalue weighted by atomic mass is 15.2. The molecule has 2 N–H and O–H groups in total. The van der Waals surface area contributed by atoms with E-state index >= 15 is 0 Å². The second-order valence-corrected chi connectivity index (χ2v) is 4.68. The molecule has 82 valence electrons. The maximum Gasteiger partial charge on any atom is 0.0456 e. The van der Waals surface area contributed by atoms with Crippen LogP contribution in [0.4, 0.5) is 5.69 Å². The van der Waals surface area contributed by atoms with Gasteiger partial charge in [-0.15, -0.1) is 0 Å². The van der Waals surface area contributed by atoms with E-state index in [9.17, 15) is 0 Å². The summed E-state index contributed by atoms with van der Waals surface area (Å²) >= 11 is 0. The van der Waals surface area contributed by atoms with E-state index in [1.54, 1.807) is 0 Å². The van der Waals surface area contributed by atoms with Crippen molar-refractivity contribution in [3.05, 3.63) is 29.3 Å². The van der Waals surface area contributed by atoms with Gasteiger partial charge in [0.25, 0.3) is 0 Å². The van der Waals surface area contributed by atoms with Crippen LogP contribution >= 0.6 is 0 Å². The molecule has 2 rings (SSSR count). The summed E-state index contributed by atoms with van der Waals surface area (Å²) in [5, 5.41) is 0. The highest BCUT2D eigenvalue weighted by Crippen LogP contribution is 2.36. The molecule has 0 aromatic heterocycles. The fourth-order valence-electron chi connectivity index (χ4n) is 2.67. The second kappa shape index (κ2) is 3.86. The number of nitrogens with zero attached hydrogens (tertiary/aromatic N) is 1. The lowest BCUT2D eigenvalue weighted by Crippen LogP contribution is -2.42. The van der Waals surface area contributed by atoms with E-state index in [2.05, 4.69) is 43.9 Å². The first-order chi connectivity index (χ1) is 7.15. The van der Waals surface area contributed by atoms with Crippen LogP contribution in [-0.4, -0.2) is 18.6 Å². The fraction of sp³-hybridized carbons (Fsp3) is 0.538. The Kier molecular flexibility index (Phi) is 2.70. The summed E-state index contributed by atoms with van der Waals surface area (Å²) in [6.45, 7) is 7.41. The van der Waals surface area contributed by atoms with E-state index in [-0.39, 0.29) is 0 Å². The van der Waals surface area contributed by atoms with Crippen LogP contribution in [0, 0.1) is 6.92 Å². The third-order valence-corrected chi connectivity index (χ3v) is 3.26. The average Bonchev–Trinajstić information content (AvgIpc) is 2.57. The Morgan fingerprint density at radius 3 is 2.80 bits per heavy atom. The molecule has 1 atom stereocenters. The Morgan fingerprint density at radius 2 is 2.20 bits per heavy atom. The minimum Gasteiger partial charge on any atom is -0.364 e. The van der Waals surface area contributed by atoms with Crippen molar-refractivity contribution in [2.45, 2.75) is 39.3 Å². The summed E-state index contributed by atoms with van der Waals surface area (Å²) in [6.07, 6.45) is 1.10. The normalized spacial score (nSPS) is 19.8. The molecule has 2 nitrogen and oxygen atoms in total. The second-order valence-electron chi connectivity index (χ2n) is 4.68. The summed E-state index contributed by atoms with van der Waals surface area (Å²) in [4.78, 5) is 2.48. The molecule has 0 aliphatic carbocycles. The number of para-hydroxylation sites is 1. The molecule has 0 amide bonds. The average molecular weight is 204 g/mol. The van der Waals surface area contributed by atoms with Gasteiger partial charge in [0, 0.05) is 24.3 Å². The van der Waals surface area contributed by atoms with Crippen LogP contribution in [0.3, 0.4) is 0 Å². The number of anilines is 1. The largest absolute Gasteiger partial charge is 0.364 e. The quantitative estimate of drug-likeness (QED) is 0.799. The van der Waals surface area contributed by atoms with E-state index in [4.69, 9.17) is 5.73 Å². The monoisotopic (exact) mass is 204 g/mol. The van der Waals surface area contributed by atoms with Crippen LogP contribution in [0.25, 0.3) is 0 Å². The van der Waals surface area contributed by atoms with E-state index in [0.29, 0.717) is 12.1 Å². The molecule has 1 unspecified atom stereocenters. The first kappa shape index (κ1) is 10.5. The van der Waals surface area contributed by atoms with Gasteiger partial charge in [-0.25, -0.2) is 0 Å². The smallest absolute Gasteiger partial charge is 0.0456 e. The Hall–Kier alpha value is -1.02. The van der Waals surface area contributed by atoms with Gasteiger partial charge in [-0.3, -0.25) is 0 Å². The van der Waals surface area contributed by atoms with Gasteiger partial charge in [-0.2, -0.15) is 0 Å². The Labute approximate surface area is 92.1 Å². The van der Waals surface area contributed by atoms with Gasteiger partial charge in [0.05, 0.1) is 0 Å². The van der Waals surface area contributed by atoms with Crippen molar-refractivity contribution in [2.24, 2.45) is 5.73 Å². The molecule has 15 heavy (non-hydrogen) atoms. The van der Waals surface area contributed by atoms with E-state index in [1.165, 1.54) is 16.8 Å². The van der Waals surface area contributed by atoms with Crippen LogP contribution < -0.4 is 10.6 Å². The first-order valence-corrected chi connectivity index (χ1v) is 5.72. The van der Waals surface area contributed by atoms with Crippen LogP contribution in [0.5, 0.6) is 0 Å². The predicted octanol–water partition coefficient (Wildman–Crippen LogP) is 2.09. The van der Waals surface area contributed by atoms with E-state index in [0.717, 1.165) is 13.0 Å². The minimum absolute atomic E-state index is 0.487. The zero-order valence-corrected chi connectivity index (χ0v) is 9.83. The third-order valence-electron chi connectivity index (χ3n) is 3.26. The minimum atomic E-state index is 0.487. The molecule has 1 aromatic rings. The molecular weight excluding hydrogens is 184 g/mol. The molecule has 2 heteroatoms. The zero-order chi connectivity index (χ0) is 11.0. The number of benzene rings is 1. The molecule has 0 bridgehead atoms. The molecule has 0 saturated carbocycles. The first-order valence-electron chi connectivity index (χ1n) is 5.72. The summed E-state index contributed by atoms with van der Waals surface area (Å²) in [7, 11) is 0. The van der Waals surface area contributed by atoms with Crippen LogP contribution in [0.1, 0.15) is 25.0 Å². The van der Waals surface area contributed by atoms with Gasteiger partial charge < -0.3 is 10.6 Å². The van der Waals surface area contributed by atoms with Gasteiger partial charge in [-0.05, 0) is 38.3 Å².